The molecule has 0 radical (unpaired) electrons. The minimum atomic E-state index is -0.301. The van der Waals surface area contributed by atoms with E-state index in [0.29, 0.717) is 11.5 Å². The van der Waals surface area contributed by atoms with Gasteiger partial charge in [-0.3, -0.25) is 0 Å². The van der Waals surface area contributed by atoms with Crippen LogP contribution < -0.4 is 0 Å². The maximum absolute atomic E-state index is 12.0. The van der Waals surface area contributed by atoms with Gasteiger partial charge in [0, 0.05) is 0 Å². The second-order valence-electron chi connectivity index (χ2n) is 6.41. The fourth-order valence-electron chi connectivity index (χ4n) is 2.86. The van der Waals surface area contributed by atoms with E-state index in [0.717, 1.165) is 36.8 Å². The van der Waals surface area contributed by atoms with E-state index in [9.17, 15) is 9.90 Å². The third-order valence-electron chi connectivity index (χ3n) is 4.45. The van der Waals surface area contributed by atoms with Crippen LogP contribution in [-0.4, -0.2) is 24.3 Å². The Hall–Kier alpha value is -1.87. The smallest absolute Gasteiger partial charge is 0.337 e. The van der Waals surface area contributed by atoms with Gasteiger partial charge in [0.25, 0.3) is 0 Å². The summed E-state index contributed by atoms with van der Waals surface area (Å²) in [4.78, 5) is 12.0. The molecule has 3 nitrogen and oxygen atoms in total. The first-order valence-corrected chi connectivity index (χ1v) is 8.21. The van der Waals surface area contributed by atoms with E-state index in [1.807, 2.05) is 19.1 Å². The zero-order chi connectivity index (χ0) is 16.8. The third kappa shape index (κ3) is 5.07. The highest BCUT2D eigenvalue weighted by Gasteiger charge is 2.26. The lowest BCUT2D eigenvalue weighted by atomic mass is 9.79. The van der Waals surface area contributed by atoms with Crippen LogP contribution in [0.4, 0.5) is 0 Å². The van der Waals surface area contributed by atoms with Gasteiger partial charge in [-0.25, -0.2) is 4.79 Å². The van der Waals surface area contributed by atoms with Gasteiger partial charge in [0.2, 0.25) is 0 Å². The first kappa shape index (κ1) is 17.5. The van der Waals surface area contributed by atoms with Crippen LogP contribution in [0, 0.1) is 12.8 Å². The van der Waals surface area contributed by atoms with Crippen LogP contribution >= 0.6 is 0 Å². The number of hydrogen-bond donors (Lipinski definition) is 1. The predicted octanol–water partition coefficient (Wildman–Crippen LogP) is 4.05. The largest absolute Gasteiger partial charge is 0.465 e. The molecule has 1 N–H and O–H groups in total. The van der Waals surface area contributed by atoms with Gasteiger partial charge in [-0.05, 0) is 62.7 Å². The number of esters is 1. The average Bonchev–Trinajstić information content (AvgIpc) is 2.51. The number of rotatable bonds is 6. The predicted molar refractivity (Wildman–Crippen MR) is 92.9 cm³/mol. The molecule has 124 valence electrons. The molecule has 0 heterocycles. The number of aliphatic hydroxyl groups is 1. The van der Waals surface area contributed by atoms with E-state index >= 15 is 0 Å². The lowest BCUT2D eigenvalue weighted by molar-refractivity contribution is -0.135. The highest BCUT2D eigenvalue weighted by atomic mass is 16.5. The molecular formula is C20H26O3. The lowest BCUT2D eigenvalue weighted by Crippen LogP contribution is -2.27. The van der Waals surface area contributed by atoms with Gasteiger partial charge >= 0.3 is 5.97 Å². The van der Waals surface area contributed by atoms with Gasteiger partial charge < -0.3 is 9.84 Å². The van der Waals surface area contributed by atoms with Crippen molar-refractivity contribution in [1.29, 1.82) is 0 Å². The summed E-state index contributed by atoms with van der Waals surface area (Å²) < 4.78 is 4.89. The monoisotopic (exact) mass is 314 g/mol. The molecule has 1 saturated carbocycles. The Morgan fingerprint density at radius 2 is 1.96 bits per heavy atom. The van der Waals surface area contributed by atoms with E-state index in [4.69, 9.17) is 4.74 Å². The first-order chi connectivity index (χ1) is 11.0. The zero-order valence-corrected chi connectivity index (χ0v) is 14.2. The number of allylic oxidation sites excluding steroid dienone is 2. The summed E-state index contributed by atoms with van der Waals surface area (Å²) in [6.45, 7) is 4.06. The summed E-state index contributed by atoms with van der Waals surface area (Å²) in [5, 5.41) is 9.32. The molecule has 1 aromatic rings. The number of aryl methyl sites for hydroxylation is 1. The standard InChI is InChI=1S/C20H26O3/c1-14-7-9-17(10-8-14)15(2)11-18(20(22)23-3)6-4-5-16-12-19(21)13-16/h6-11,16,19,21H,4-5,12-13H2,1-3H3/b15-11+,18-6+. The number of hydrogen-bond acceptors (Lipinski definition) is 3. The number of carbonyl (C=O) groups is 1. The van der Waals surface area contributed by atoms with Crippen molar-refractivity contribution in [3.05, 3.63) is 53.1 Å². The van der Waals surface area contributed by atoms with E-state index in [1.165, 1.54) is 12.7 Å². The number of benzene rings is 1. The van der Waals surface area contributed by atoms with Gasteiger partial charge in [0.1, 0.15) is 0 Å². The zero-order valence-electron chi connectivity index (χ0n) is 14.2. The van der Waals surface area contributed by atoms with Crippen molar-refractivity contribution < 1.29 is 14.6 Å². The fourth-order valence-corrected chi connectivity index (χ4v) is 2.86. The van der Waals surface area contributed by atoms with Gasteiger partial charge in [-0.15, -0.1) is 0 Å². The number of aliphatic hydroxyl groups excluding tert-OH is 1. The van der Waals surface area contributed by atoms with Crippen LogP contribution in [0.5, 0.6) is 0 Å². The van der Waals surface area contributed by atoms with Crippen molar-refractivity contribution in [3.8, 4) is 0 Å². The van der Waals surface area contributed by atoms with Crippen molar-refractivity contribution in [2.45, 2.75) is 45.6 Å². The fraction of sp³-hybridized carbons (Fsp3) is 0.450. The molecule has 1 aliphatic rings. The van der Waals surface area contributed by atoms with E-state index in [-0.39, 0.29) is 12.1 Å². The van der Waals surface area contributed by atoms with E-state index in [2.05, 4.69) is 31.2 Å². The molecule has 0 aliphatic heterocycles. The van der Waals surface area contributed by atoms with Crippen molar-refractivity contribution in [1.82, 2.24) is 0 Å². The molecule has 0 spiro atoms. The Kier molecular flexibility index (Phi) is 6.17. The normalized spacial score (nSPS) is 21.7. The minimum absolute atomic E-state index is 0.118. The van der Waals surface area contributed by atoms with Crippen molar-refractivity contribution in [2.24, 2.45) is 5.92 Å². The molecule has 2 rings (SSSR count). The van der Waals surface area contributed by atoms with Crippen LogP contribution in [-0.2, 0) is 9.53 Å². The van der Waals surface area contributed by atoms with E-state index < -0.39 is 0 Å². The highest BCUT2D eigenvalue weighted by molar-refractivity contribution is 5.93. The number of methoxy groups -OCH3 is 1. The SMILES string of the molecule is COC(=O)C(=C/CCC1CC(O)C1)/C=C(\C)c1ccc(C)cc1. The molecule has 23 heavy (non-hydrogen) atoms. The molecule has 1 aromatic carbocycles. The Balaban J connectivity index is 2.06. The molecule has 3 heteroatoms. The Labute approximate surface area is 138 Å². The van der Waals surface area contributed by atoms with Gasteiger partial charge in [-0.2, -0.15) is 0 Å². The molecule has 1 fully saturated rings. The Morgan fingerprint density at radius 3 is 2.52 bits per heavy atom. The van der Waals surface area contributed by atoms with E-state index in [1.54, 1.807) is 0 Å². The summed E-state index contributed by atoms with van der Waals surface area (Å²) in [7, 11) is 1.41. The van der Waals surface area contributed by atoms with Gasteiger partial charge in [0.05, 0.1) is 18.8 Å². The second kappa shape index (κ2) is 8.11. The van der Waals surface area contributed by atoms with Crippen molar-refractivity contribution >= 4 is 11.5 Å². The average molecular weight is 314 g/mol. The topological polar surface area (TPSA) is 46.5 Å². The van der Waals surface area contributed by atoms with Crippen LogP contribution in [0.3, 0.4) is 0 Å². The number of carbonyl (C=O) groups excluding carboxylic acids is 1. The molecule has 0 atom stereocenters. The van der Waals surface area contributed by atoms with Crippen LogP contribution in [0.15, 0.2) is 42.0 Å². The summed E-state index contributed by atoms with van der Waals surface area (Å²) in [5.41, 5.74) is 3.96. The molecule has 0 bridgehead atoms. The minimum Gasteiger partial charge on any atom is -0.465 e. The summed E-state index contributed by atoms with van der Waals surface area (Å²) in [6, 6.07) is 8.25. The maximum Gasteiger partial charge on any atom is 0.337 e. The Bertz CT molecular complexity index is 590. The van der Waals surface area contributed by atoms with Crippen molar-refractivity contribution in [2.75, 3.05) is 7.11 Å². The quantitative estimate of drug-likeness (QED) is 0.489. The summed E-state index contributed by atoms with van der Waals surface area (Å²) in [6.07, 6.45) is 7.35. The molecule has 0 unspecified atom stereocenters. The molecule has 0 saturated heterocycles. The van der Waals surface area contributed by atoms with Crippen LogP contribution in [0.25, 0.3) is 5.57 Å². The molecule has 0 amide bonds. The lowest BCUT2D eigenvalue weighted by Gasteiger charge is -2.30. The highest BCUT2D eigenvalue weighted by Crippen LogP contribution is 2.31. The number of ether oxygens (including phenoxy) is 1. The second-order valence-corrected chi connectivity index (χ2v) is 6.41. The van der Waals surface area contributed by atoms with Crippen LogP contribution in [0.2, 0.25) is 0 Å². The van der Waals surface area contributed by atoms with Crippen molar-refractivity contribution in [3.63, 3.8) is 0 Å². The first-order valence-electron chi connectivity index (χ1n) is 8.21. The maximum atomic E-state index is 12.0. The Morgan fingerprint density at radius 1 is 1.30 bits per heavy atom. The summed E-state index contributed by atoms with van der Waals surface area (Å²) in [5.74, 6) is 0.285. The van der Waals surface area contributed by atoms with Crippen LogP contribution in [0.1, 0.15) is 43.7 Å². The summed E-state index contributed by atoms with van der Waals surface area (Å²) >= 11 is 0. The molecular weight excluding hydrogens is 288 g/mol. The van der Waals surface area contributed by atoms with Gasteiger partial charge in [0.15, 0.2) is 0 Å². The van der Waals surface area contributed by atoms with Gasteiger partial charge in [-0.1, -0.05) is 35.9 Å². The molecule has 1 aliphatic carbocycles. The third-order valence-corrected chi connectivity index (χ3v) is 4.45. The molecule has 0 aromatic heterocycles.